The first kappa shape index (κ1) is 13.5. The number of nitrogen functional groups attached to an aromatic ring is 1. The highest BCUT2D eigenvalue weighted by Crippen LogP contribution is 2.17. The van der Waals surface area contributed by atoms with Crippen molar-refractivity contribution in [3.05, 3.63) is 45.4 Å². The van der Waals surface area contributed by atoms with Crippen molar-refractivity contribution in [1.82, 2.24) is 10.3 Å². The van der Waals surface area contributed by atoms with Gasteiger partial charge in [-0.05, 0) is 31.5 Å². The van der Waals surface area contributed by atoms with Gasteiger partial charge < -0.3 is 10.7 Å². The van der Waals surface area contributed by atoms with E-state index >= 15 is 0 Å². The van der Waals surface area contributed by atoms with Gasteiger partial charge in [-0.2, -0.15) is 0 Å². The quantitative estimate of drug-likeness (QED) is 0.589. The molecule has 19 heavy (non-hydrogen) atoms. The van der Waals surface area contributed by atoms with Crippen molar-refractivity contribution in [2.24, 2.45) is 5.84 Å². The molecular formula is C13H16N4OS. The molecule has 0 bridgehead atoms. The van der Waals surface area contributed by atoms with Crippen LogP contribution in [0.2, 0.25) is 0 Å². The molecule has 1 heterocycles. The molecule has 0 fully saturated rings. The summed E-state index contributed by atoms with van der Waals surface area (Å²) in [5.41, 5.74) is 4.73. The topological polar surface area (TPSA) is 80.0 Å². The molecule has 2 aromatic rings. The summed E-state index contributed by atoms with van der Waals surface area (Å²) >= 11 is 1.57. The van der Waals surface area contributed by atoms with E-state index in [2.05, 4.69) is 15.7 Å². The number of aryl methyl sites for hydroxylation is 2. The van der Waals surface area contributed by atoms with Crippen LogP contribution in [0.25, 0.3) is 0 Å². The van der Waals surface area contributed by atoms with E-state index in [0.29, 0.717) is 17.8 Å². The highest BCUT2D eigenvalue weighted by atomic mass is 32.1. The molecule has 0 radical (unpaired) electrons. The molecule has 0 aliphatic heterocycles. The molecule has 1 aromatic carbocycles. The molecule has 6 heteroatoms. The van der Waals surface area contributed by atoms with Gasteiger partial charge in [0.2, 0.25) is 0 Å². The Morgan fingerprint density at radius 1 is 1.42 bits per heavy atom. The Kier molecular flexibility index (Phi) is 4.13. The number of nitrogens with two attached hydrogens (primary N) is 1. The van der Waals surface area contributed by atoms with Gasteiger partial charge in [0, 0.05) is 11.1 Å². The second-order valence-corrected chi connectivity index (χ2v) is 5.56. The van der Waals surface area contributed by atoms with Crippen LogP contribution in [-0.4, -0.2) is 10.9 Å². The summed E-state index contributed by atoms with van der Waals surface area (Å²) < 4.78 is 0. The summed E-state index contributed by atoms with van der Waals surface area (Å²) in [7, 11) is 0. The Labute approximate surface area is 115 Å². The lowest BCUT2D eigenvalue weighted by Gasteiger charge is -2.09. The van der Waals surface area contributed by atoms with E-state index in [9.17, 15) is 4.79 Å². The number of nitrogens with zero attached hydrogens (tertiary/aromatic N) is 1. The van der Waals surface area contributed by atoms with Crippen molar-refractivity contribution in [2.75, 3.05) is 5.43 Å². The molecule has 0 aliphatic carbocycles. The Bertz CT molecular complexity index is 594. The van der Waals surface area contributed by atoms with Gasteiger partial charge in [0.1, 0.15) is 5.01 Å². The number of hydrogen-bond donors (Lipinski definition) is 3. The lowest BCUT2D eigenvalue weighted by molar-refractivity contribution is 0.0951. The molecule has 2 rings (SSSR count). The average molecular weight is 276 g/mol. The number of carbonyl (C=O) groups is 1. The molecule has 0 aliphatic rings. The van der Waals surface area contributed by atoms with Crippen molar-refractivity contribution < 1.29 is 4.79 Å². The Morgan fingerprint density at radius 3 is 2.84 bits per heavy atom. The maximum Gasteiger partial charge on any atom is 0.253 e. The zero-order valence-corrected chi connectivity index (χ0v) is 11.7. The number of hydrazine groups is 1. The number of carbonyl (C=O) groups excluding carboxylic acids is 1. The molecule has 5 nitrogen and oxygen atoms in total. The van der Waals surface area contributed by atoms with Gasteiger partial charge in [-0.15, -0.1) is 11.3 Å². The van der Waals surface area contributed by atoms with E-state index in [-0.39, 0.29) is 5.91 Å². The third-order valence-corrected chi connectivity index (χ3v) is 3.56. The highest BCUT2D eigenvalue weighted by Gasteiger charge is 2.11. The number of anilines is 1. The van der Waals surface area contributed by atoms with Crippen LogP contribution in [0, 0.1) is 13.8 Å². The predicted octanol–water partition coefficient (Wildman–Crippen LogP) is 1.98. The number of thiazole rings is 1. The molecule has 0 saturated carbocycles. The van der Waals surface area contributed by atoms with Gasteiger partial charge >= 0.3 is 0 Å². The van der Waals surface area contributed by atoms with Gasteiger partial charge in [-0.1, -0.05) is 6.07 Å². The first-order chi connectivity index (χ1) is 9.10. The fourth-order valence-corrected chi connectivity index (χ4v) is 2.44. The summed E-state index contributed by atoms with van der Waals surface area (Å²) in [5.74, 6) is 5.26. The summed E-state index contributed by atoms with van der Waals surface area (Å²) in [6, 6.07) is 5.47. The number of benzene rings is 1. The minimum absolute atomic E-state index is 0.166. The van der Waals surface area contributed by atoms with E-state index in [0.717, 1.165) is 15.4 Å². The van der Waals surface area contributed by atoms with Crippen LogP contribution < -0.4 is 16.6 Å². The second kappa shape index (κ2) is 5.81. The Morgan fingerprint density at radius 2 is 2.21 bits per heavy atom. The van der Waals surface area contributed by atoms with Crippen LogP contribution >= 0.6 is 11.3 Å². The van der Waals surface area contributed by atoms with Crippen LogP contribution in [0.3, 0.4) is 0 Å². The van der Waals surface area contributed by atoms with Crippen molar-refractivity contribution >= 4 is 22.9 Å². The van der Waals surface area contributed by atoms with Gasteiger partial charge in [-0.25, -0.2) is 4.98 Å². The number of rotatable bonds is 4. The molecule has 1 amide bonds. The molecular weight excluding hydrogens is 260 g/mol. The second-order valence-electron chi connectivity index (χ2n) is 4.24. The van der Waals surface area contributed by atoms with Crippen LogP contribution in [0.5, 0.6) is 0 Å². The summed E-state index contributed by atoms with van der Waals surface area (Å²) in [4.78, 5) is 17.4. The standard InChI is InChI=1S/C13H16N4OS/c1-8-3-4-10(11(5-8)17-14)13(18)16-7-12-15-6-9(2)19-12/h3-6,17H,7,14H2,1-2H3,(H,16,18). The lowest BCUT2D eigenvalue weighted by Crippen LogP contribution is -2.24. The maximum absolute atomic E-state index is 12.1. The predicted molar refractivity (Wildman–Crippen MR) is 77.0 cm³/mol. The van der Waals surface area contributed by atoms with E-state index in [4.69, 9.17) is 5.84 Å². The fourth-order valence-electron chi connectivity index (χ4n) is 1.71. The van der Waals surface area contributed by atoms with Gasteiger partial charge in [0.25, 0.3) is 5.91 Å². The summed E-state index contributed by atoms with van der Waals surface area (Å²) in [6.07, 6.45) is 1.80. The summed E-state index contributed by atoms with van der Waals surface area (Å²) in [6.45, 7) is 4.36. The molecule has 100 valence electrons. The van der Waals surface area contributed by atoms with E-state index in [1.807, 2.05) is 26.0 Å². The monoisotopic (exact) mass is 276 g/mol. The van der Waals surface area contributed by atoms with Crippen LogP contribution in [0.1, 0.15) is 25.8 Å². The van der Waals surface area contributed by atoms with Crippen molar-refractivity contribution in [2.45, 2.75) is 20.4 Å². The number of amides is 1. The van der Waals surface area contributed by atoms with Crippen LogP contribution in [0.4, 0.5) is 5.69 Å². The number of aromatic nitrogens is 1. The molecule has 1 aromatic heterocycles. The zero-order chi connectivity index (χ0) is 13.8. The highest BCUT2D eigenvalue weighted by molar-refractivity contribution is 7.11. The Hall–Kier alpha value is -1.92. The molecule has 0 saturated heterocycles. The normalized spacial score (nSPS) is 10.3. The SMILES string of the molecule is Cc1ccc(C(=O)NCc2ncc(C)s2)c(NN)c1. The number of nitrogens with one attached hydrogen (secondary N) is 2. The van der Waals surface area contributed by atoms with E-state index in [1.165, 1.54) is 0 Å². The minimum atomic E-state index is -0.166. The van der Waals surface area contributed by atoms with Gasteiger partial charge in [0.05, 0.1) is 17.8 Å². The van der Waals surface area contributed by atoms with Crippen molar-refractivity contribution in [3.8, 4) is 0 Å². The summed E-state index contributed by atoms with van der Waals surface area (Å²) in [5, 5.41) is 3.73. The first-order valence-electron chi connectivity index (χ1n) is 5.87. The molecule has 0 spiro atoms. The third-order valence-electron chi connectivity index (χ3n) is 2.64. The average Bonchev–Trinajstić information content (AvgIpc) is 2.81. The number of hydrogen-bond acceptors (Lipinski definition) is 5. The van der Waals surface area contributed by atoms with Crippen LogP contribution in [-0.2, 0) is 6.54 Å². The van der Waals surface area contributed by atoms with E-state index in [1.54, 1.807) is 23.6 Å². The van der Waals surface area contributed by atoms with Gasteiger partial charge in [-0.3, -0.25) is 10.6 Å². The Balaban J connectivity index is 2.07. The third kappa shape index (κ3) is 3.30. The molecule has 4 N–H and O–H groups in total. The first-order valence-corrected chi connectivity index (χ1v) is 6.68. The van der Waals surface area contributed by atoms with Gasteiger partial charge in [0.15, 0.2) is 0 Å². The maximum atomic E-state index is 12.1. The molecule has 0 atom stereocenters. The van der Waals surface area contributed by atoms with E-state index < -0.39 is 0 Å². The van der Waals surface area contributed by atoms with Crippen molar-refractivity contribution in [3.63, 3.8) is 0 Å². The fraction of sp³-hybridized carbons (Fsp3) is 0.231. The van der Waals surface area contributed by atoms with Crippen LogP contribution in [0.15, 0.2) is 24.4 Å². The van der Waals surface area contributed by atoms with Crippen molar-refractivity contribution in [1.29, 1.82) is 0 Å². The lowest BCUT2D eigenvalue weighted by atomic mass is 10.1. The zero-order valence-electron chi connectivity index (χ0n) is 10.9. The smallest absolute Gasteiger partial charge is 0.253 e. The largest absolute Gasteiger partial charge is 0.345 e. The molecule has 0 unspecified atom stereocenters. The minimum Gasteiger partial charge on any atom is -0.345 e.